The maximum atomic E-state index is 3.74. The van der Waals surface area contributed by atoms with Crippen LogP contribution >= 0.6 is 11.3 Å². The lowest BCUT2D eigenvalue weighted by Gasteiger charge is -2.22. The molecule has 1 heterocycles. The van der Waals surface area contributed by atoms with Crippen molar-refractivity contribution in [3.05, 3.63) is 56.8 Å². The number of rotatable bonds is 6. The first-order chi connectivity index (χ1) is 9.69. The van der Waals surface area contributed by atoms with Gasteiger partial charge in [-0.25, -0.2) is 0 Å². The van der Waals surface area contributed by atoms with Gasteiger partial charge in [-0.15, -0.1) is 11.3 Å². The minimum atomic E-state index is 0.338. The van der Waals surface area contributed by atoms with E-state index < -0.39 is 0 Å². The van der Waals surface area contributed by atoms with E-state index in [9.17, 15) is 0 Å². The second kappa shape index (κ2) is 7.05. The van der Waals surface area contributed by atoms with Crippen molar-refractivity contribution in [1.29, 1.82) is 0 Å². The summed E-state index contributed by atoms with van der Waals surface area (Å²) in [6.07, 6.45) is 2.27. The van der Waals surface area contributed by atoms with Gasteiger partial charge in [0.05, 0.1) is 6.04 Å². The van der Waals surface area contributed by atoms with E-state index in [4.69, 9.17) is 0 Å². The topological polar surface area (TPSA) is 12.0 Å². The molecule has 0 bridgehead atoms. The Morgan fingerprint density at radius 3 is 2.65 bits per heavy atom. The van der Waals surface area contributed by atoms with Gasteiger partial charge in [0.2, 0.25) is 0 Å². The largest absolute Gasteiger partial charge is 0.306 e. The Morgan fingerprint density at radius 2 is 1.95 bits per heavy atom. The van der Waals surface area contributed by atoms with Crippen molar-refractivity contribution < 1.29 is 0 Å². The Morgan fingerprint density at radius 1 is 1.15 bits per heavy atom. The molecule has 2 rings (SSSR count). The van der Waals surface area contributed by atoms with Gasteiger partial charge in [-0.1, -0.05) is 32.0 Å². The fraction of sp³-hybridized carbons (Fsp3) is 0.444. The van der Waals surface area contributed by atoms with Crippen LogP contribution in [0.4, 0.5) is 0 Å². The standard InChI is InChI=1S/C18H25NS/c1-5-11-19-17(18-15(6-2)10-12-20-18)16-9-7-8-13(3)14(16)4/h7-10,12,17,19H,5-6,11H2,1-4H3. The van der Waals surface area contributed by atoms with Crippen molar-refractivity contribution in [1.82, 2.24) is 5.32 Å². The third-order valence-corrected chi connectivity index (χ3v) is 5.00. The molecule has 108 valence electrons. The van der Waals surface area contributed by atoms with Crippen LogP contribution in [0.25, 0.3) is 0 Å². The second-order valence-electron chi connectivity index (χ2n) is 5.34. The summed E-state index contributed by atoms with van der Waals surface area (Å²) in [5, 5.41) is 5.96. The molecule has 0 saturated heterocycles. The maximum Gasteiger partial charge on any atom is 0.0676 e. The van der Waals surface area contributed by atoms with E-state index in [0.29, 0.717) is 6.04 Å². The van der Waals surface area contributed by atoms with Crippen molar-refractivity contribution in [2.45, 2.75) is 46.6 Å². The van der Waals surface area contributed by atoms with E-state index in [1.165, 1.54) is 27.1 Å². The molecule has 0 aliphatic heterocycles. The van der Waals surface area contributed by atoms with Crippen LogP contribution < -0.4 is 5.32 Å². The monoisotopic (exact) mass is 287 g/mol. The van der Waals surface area contributed by atoms with Gasteiger partial charge >= 0.3 is 0 Å². The summed E-state index contributed by atoms with van der Waals surface area (Å²) in [6.45, 7) is 9.96. The maximum absolute atomic E-state index is 3.74. The number of nitrogens with one attached hydrogen (secondary N) is 1. The van der Waals surface area contributed by atoms with Gasteiger partial charge in [0.1, 0.15) is 0 Å². The van der Waals surface area contributed by atoms with Crippen LogP contribution in [0.5, 0.6) is 0 Å². The lowest BCUT2D eigenvalue weighted by molar-refractivity contribution is 0.600. The van der Waals surface area contributed by atoms with Gasteiger partial charge in [0.25, 0.3) is 0 Å². The lowest BCUT2D eigenvalue weighted by atomic mass is 9.94. The SMILES string of the molecule is CCCNC(c1cccc(C)c1C)c1sccc1CC. The smallest absolute Gasteiger partial charge is 0.0676 e. The molecule has 1 atom stereocenters. The van der Waals surface area contributed by atoms with E-state index in [1.807, 2.05) is 11.3 Å². The normalized spacial score (nSPS) is 12.6. The first-order valence-corrected chi connectivity index (χ1v) is 8.42. The molecule has 2 aromatic rings. The fourth-order valence-corrected chi connectivity index (χ4v) is 3.70. The Balaban J connectivity index is 2.44. The molecule has 0 radical (unpaired) electrons. The molecular weight excluding hydrogens is 262 g/mol. The Bertz CT molecular complexity index is 556. The number of aryl methyl sites for hydroxylation is 2. The molecule has 0 spiro atoms. The molecule has 1 nitrogen and oxygen atoms in total. The molecule has 0 aliphatic carbocycles. The van der Waals surface area contributed by atoms with E-state index in [0.717, 1.165) is 19.4 Å². The Labute approximate surface area is 127 Å². The van der Waals surface area contributed by atoms with E-state index in [1.54, 1.807) is 0 Å². The summed E-state index contributed by atoms with van der Waals surface area (Å²) in [6, 6.07) is 9.26. The van der Waals surface area contributed by atoms with Crippen LogP contribution in [0, 0.1) is 13.8 Å². The minimum Gasteiger partial charge on any atom is -0.306 e. The highest BCUT2D eigenvalue weighted by Gasteiger charge is 2.19. The first-order valence-electron chi connectivity index (χ1n) is 7.54. The van der Waals surface area contributed by atoms with E-state index in [-0.39, 0.29) is 0 Å². The minimum absolute atomic E-state index is 0.338. The molecule has 1 N–H and O–H groups in total. The van der Waals surface area contributed by atoms with Gasteiger partial charge in [0, 0.05) is 4.88 Å². The van der Waals surface area contributed by atoms with E-state index >= 15 is 0 Å². The van der Waals surface area contributed by atoms with Crippen molar-refractivity contribution >= 4 is 11.3 Å². The summed E-state index contributed by atoms with van der Waals surface area (Å²) in [5.74, 6) is 0. The predicted octanol–water partition coefficient (Wildman–Crippen LogP) is 5.02. The molecule has 0 aliphatic rings. The molecule has 0 fully saturated rings. The van der Waals surface area contributed by atoms with Crippen LogP contribution in [0.3, 0.4) is 0 Å². The molecule has 1 aromatic heterocycles. The van der Waals surface area contributed by atoms with Crippen molar-refractivity contribution in [2.75, 3.05) is 6.54 Å². The second-order valence-corrected chi connectivity index (χ2v) is 6.29. The van der Waals surface area contributed by atoms with Crippen LogP contribution in [0.15, 0.2) is 29.6 Å². The van der Waals surface area contributed by atoms with Crippen LogP contribution in [0.2, 0.25) is 0 Å². The highest BCUT2D eigenvalue weighted by molar-refractivity contribution is 7.10. The average Bonchev–Trinajstić information content (AvgIpc) is 2.92. The molecule has 1 aromatic carbocycles. The molecular formula is C18H25NS. The summed E-state index contributed by atoms with van der Waals surface area (Å²) in [4.78, 5) is 1.48. The average molecular weight is 287 g/mol. The number of hydrogen-bond donors (Lipinski definition) is 1. The number of thiophene rings is 1. The zero-order valence-corrected chi connectivity index (χ0v) is 13.8. The lowest BCUT2D eigenvalue weighted by Crippen LogP contribution is -2.24. The zero-order valence-electron chi connectivity index (χ0n) is 13.0. The van der Waals surface area contributed by atoms with Gasteiger partial charge in [-0.2, -0.15) is 0 Å². The molecule has 0 saturated carbocycles. The van der Waals surface area contributed by atoms with Crippen molar-refractivity contribution in [3.63, 3.8) is 0 Å². The highest BCUT2D eigenvalue weighted by atomic mass is 32.1. The van der Waals surface area contributed by atoms with Gasteiger partial charge in [-0.05, 0) is 66.9 Å². The van der Waals surface area contributed by atoms with Gasteiger partial charge in [-0.3, -0.25) is 0 Å². The van der Waals surface area contributed by atoms with Crippen LogP contribution in [-0.2, 0) is 6.42 Å². The summed E-state index contributed by atoms with van der Waals surface area (Å²) in [7, 11) is 0. The summed E-state index contributed by atoms with van der Waals surface area (Å²) >= 11 is 1.88. The highest BCUT2D eigenvalue weighted by Crippen LogP contribution is 2.32. The van der Waals surface area contributed by atoms with E-state index in [2.05, 4.69) is 62.7 Å². The van der Waals surface area contributed by atoms with Crippen LogP contribution in [-0.4, -0.2) is 6.54 Å². The Kier molecular flexibility index (Phi) is 5.38. The van der Waals surface area contributed by atoms with Gasteiger partial charge in [0.15, 0.2) is 0 Å². The third kappa shape index (κ3) is 3.13. The third-order valence-electron chi connectivity index (χ3n) is 3.98. The Hall–Kier alpha value is -1.12. The molecule has 2 heteroatoms. The first kappa shape index (κ1) is 15.3. The quantitative estimate of drug-likeness (QED) is 0.787. The zero-order chi connectivity index (χ0) is 14.5. The van der Waals surface area contributed by atoms with Gasteiger partial charge < -0.3 is 5.32 Å². The summed E-state index contributed by atoms with van der Waals surface area (Å²) < 4.78 is 0. The number of benzene rings is 1. The van der Waals surface area contributed by atoms with Crippen LogP contribution in [0.1, 0.15) is 53.4 Å². The van der Waals surface area contributed by atoms with Crippen molar-refractivity contribution in [2.24, 2.45) is 0 Å². The predicted molar refractivity (Wildman–Crippen MR) is 89.7 cm³/mol. The summed E-state index contributed by atoms with van der Waals surface area (Å²) in [5.41, 5.74) is 5.69. The number of hydrogen-bond acceptors (Lipinski definition) is 2. The molecule has 20 heavy (non-hydrogen) atoms. The molecule has 0 amide bonds. The van der Waals surface area contributed by atoms with Crippen molar-refractivity contribution in [3.8, 4) is 0 Å². The fourth-order valence-electron chi connectivity index (χ4n) is 2.61. The molecule has 1 unspecified atom stereocenters.